The molecule has 64 heavy (non-hydrogen) atoms. The number of carbonyl (C=O) groups excluding carboxylic acids is 3. The molecule has 8 rings (SSSR count). The van der Waals surface area contributed by atoms with E-state index in [-0.39, 0.29) is 110 Å². The summed E-state index contributed by atoms with van der Waals surface area (Å²) in [5, 5.41) is 5.67. The Morgan fingerprint density at radius 2 is 1.75 bits per heavy atom. The van der Waals surface area contributed by atoms with Crippen LogP contribution in [0.15, 0.2) is 48.7 Å². The molecule has 12 nitrogen and oxygen atoms in total. The van der Waals surface area contributed by atoms with Gasteiger partial charge in [0, 0.05) is 71.9 Å². The van der Waals surface area contributed by atoms with Gasteiger partial charge in [0.15, 0.2) is 0 Å². The van der Waals surface area contributed by atoms with Gasteiger partial charge in [0.1, 0.15) is 12.1 Å². The zero-order chi connectivity index (χ0) is 41.6. The number of ether oxygens (including phenoxy) is 2. The number of amides is 2. The minimum Gasteiger partial charge on any atom is -0.464 e. The van der Waals surface area contributed by atoms with Gasteiger partial charge in [-0.1, -0.05) is 32.9 Å². The number of hydrogen-bond acceptors (Lipinski definition) is 9. The Hall–Kier alpha value is -2.90. The Morgan fingerprint density at radius 3 is 2.42 bits per heavy atom. The highest BCUT2D eigenvalue weighted by Crippen LogP contribution is 2.43. The molecule has 2 N–H and O–H groups in total. The maximum absolute atomic E-state index is 14.2. The second-order valence-corrected chi connectivity index (χ2v) is 18.3. The minimum atomic E-state index is -0.851. The molecule has 0 radical (unpaired) electrons. The highest BCUT2D eigenvalue weighted by Gasteiger charge is 2.42. The van der Waals surface area contributed by atoms with Gasteiger partial charge in [-0.2, -0.15) is 67.5 Å². The van der Waals surface area contributed by atoms with Crippen LogP contribution in [0, 0.1) is 17.3 Å². The van der Waals surface area contributed by atoms with Crippen molar-refractivity contribution in [3.8, 4) is 22.5 Å². The molecule has 17 heteroatoms. The number of pyridine rings is 2. The number of nitrogens with zero attached hydrogens (tertiary/aromatic N) is 5. The number of cyclic esters (lactones) is 1. The summed E-state index contributed by atoms with van der Waals surface area (Å²) < 4.78 is 14.5. The predicted octanol–water partition coefficient (Wildman–Crippen LogP) is 7.17. The molecule has 1 saturated carbocycles. The van der Waals surface area contributed by atoms with Crippen molar-refractivity contribution >= 4 is 96.2 Å². The van der Waals surface area contributed by atoms with E-state index in [1.165, 1.54) is 16.1 Å². The molecule has 2 saturated heterocycles. The lowest BCUT2D eigenvalue weighted by Gasteiger charge is -2.35. The van der Waals surface area contributed by atoms with Crippen LogP contribution in [-0.4, -0.2) is 94.7 Å². The average molecular weight is 974 g/mol. The highest BCUT2D eigenvalue weighted by molar-refractivity contribution is 7.60. The molecule has 6 bridgehead atoms. The van der Waals surface area contributed by atoms with E-state index in [1.54, 1.807) is 7.11 Å². The second-order valence-electron chi connectivity index (χ2n) is 18.3. The molecular formula is C47H71N7O5S5. The molecule has 1 aromatic carbocycles. The fourth-order valence-corrected chi connectivity index (χ4v) is 9.41. The maximum atomic E-state index is 14.2. The van der Waals surface area contributed by atoms with Gasteiger partial charge in [0.05, 0.1) is 29.8 Å². The zero-order valence-electron chi connectivity index (χ0n) is 38.3. The fraction of sp³-hybridized carbons (Fsp3) is 0.553. The number of esters is 1. The number of hydrazine groups is 1. The van der Waals surface area contributed by atoms with Crippen molar-refractivity contribution in [2.45, 2.75) is 110 Å². The first kappa shape index (κ1) is 55.4. The number of carbonyl (C=O) groups is 3. The maximum Gasteiger partial charge on any atom is 0.324 e. The van der Waals surface area contributed by atoms with Gasteiger partial charge in [-0.3, -0.25) is 29.4 Å². The molecule has 3 fully saturated rings. The number of piperidine rings is 1. The van der Waals surface area contributed by atoms with E-state index in [2.05, 4.69) is 85.4 Å². The van der Waals surface area contributed by atoms with Crippen LogP contribution in [0.3, 0.4) is 0 Å². The summed E-state index contributed by atoms with van der Waals surface area (Å²) in [6.45, 7) is 14.1. The van der Waals surface area contributed by atoms with E-state index in [1.807, 2.05) is 25.1 Å². The lowest BCUT2D eigenvalue weighted by atomic mass is 9.83. The van der Waals surface area contributed by atoms with Crippen LogP contribution in [0.5, 0.6) is 0 Å². The predicted molar refractivity (Wildman–Crippen MR) is 280 cm³/mol. The van der Waals surface area contributed by atoms with Crippen molar-refractivity contribution < 1.29 is 23.9 Å². The summed E-state index contributed by atoms with van der Waals surface area (Å²) in [6, 6.07) is 13.3. The number of nitrogens with one attached hydrogen (secondary N) is 2. The summed E-state index contributed by atoms with van der Waals surface area (Å²) >= 11 is 0. The zero-order valence-corrected chi connectivity index (χ0v) is 43.3. The topological polar surface area (TPSA) is 131 Å². The second kappa shape index (κ2) is 23.2. The van der Waals surface area contributed by atoms with E-state index in [4.69, 9.17) is 19.4 Å². The number of aromatic nitrogens is 3. The molecular weight excluding hydrogens is 903 g/mol. The van der Waals surface area contributed by atoms with Gasteiger partial charge in [0.25, 0.3) is 5.91 Å². The number of hydrogen-bond donors (Lipinski definition) is 2. The number of aryl methyl sites for hydroxylation is 1. The molecule has 5 atom stereocenters. The number of methoxy groups -OCH3 is 1. The van der Waals surface area contributed by atoms with Gasteiger partial charge in [-0.05, 0) is 126 Å². The van der Waals surface area contributed by atoms with E-state index in [0.717, 1.165) is 78.0 Å². The molecule has 6 heterocycles. The van der Waals surface area contributed by atoms with E-state index < -0.39 is 17.5 Å². The first-order valence-electron chi connectivity index (χ1n) is 21.7. The smallest absolute Gasteiger partial charge is 0.324 e. The molecule has 4 aromatic rings. The molecule has 3 aliphatic heterocycles. The van der Waals surface area contributed by atoms with Crippen LogP contribution < -0.4 is 10.7 Å². The third-order valence-electron chi connectivity index (χ3n) is 13.2. The van der Waals surface area contributed by atoms with Crippen molar-refractivity contribution in [3.05, 3.63) is 71.2 Å². The number of likely N-dealkylation sites (tertiary alicyclic amines) is 1. The quantitative estimate of drug-likeness (QED) is 0.185. The van der Waals surface area contributed by atoms with Crippen molar-refractivity contribution in [1.82, 2.24) is 35.2 Å². The summed E-state index contributed by atoms with van der Waals surface area (Å²) in [4.78, 5) is 54.0. The third kappa shape index (κ3) is 11.8. The van der Waals surface area contributed by atoms with Crippen molar-refractivity contribution in [2.24, 2.45) is 17.3 Å². The monoisotopic (exact) mass is 973 g/mol. The first-order chi connectivity index (χ1) is 28.3. The third-order valence-corrected chi connectivity index (χ3v) is 13.2. The van der Waals surface area contributed by atoms with Gasteiger partial charge in [-0.15, -0.1) is 0 Å². The molecule has 354 valence electrons. The Balaban J connectivity index is 0.00000218. The minimum absolute atomic E-state index is 0. The van der Waals surface area contributed by atoms with Crippen LogP contribution in [0.2, 0.25) is 0 Å². The standard InChI is InChI=1S/C47H61N7O5.5H2S/c1-8-53-41-15-14-31-22-35(41)37(43(53)36-23-32(26-48-42(36)29(3)58-7)30-16-19-52(6)20-17-30)25-47(4,5)27-59-46(57)39-13-10-18-54(51-39)45(56)40(50-44(55)34-21-28(34)2)24-33-11-9-12-38(31)49-33;;;;;/h9,11-12,14-15,22-23,26,28-30,34,39-40,51H,8,10,13,16-21,24-25,27H2,1-7H3,(H,50,55);5*1H2/t28-,29-,34-,39-,40-;;;;;/m0...../s1. The number of benzene rings is 1. The normalized spacial score (nSPS) is 22.8. The first-order valence-corrected chi connectivity index (χ1v) is 21.7. The van der Waals surface area contributed by atoms with Gasteiger partial charge in [0.2, 0.25) is 5.91 Å². The summed E-state index contributed by atoms with van der Waals surface area (Å²) in [5.74, 6) is -0.173. The largest absolute Gasteiger partial charge is 0.464 e. The van der Waals surface area contributed by atoms with Gasteiger partial charge < -0.3 is 24.3 Å². The molecule has 2 amide bonds. The molecule has 3 aromatic heterocycles. The summed E-state index contributed by atoms with van der Waals surface area (Å²) in [7, 11) is 3.93. The number of fused-ring (bicyclic) bond motifs is 6. The average Bonchev–Trinajstić information content (AvgIpc) is 3.91. The lowest BCUT2D eigenvalue weighted by Crippen LogP contribution is -2.60. The Bertz CT molecular complexity index is 2250. The molecule has 0 spiro atoms. The molecule has 0 unspecified atom stereocenters. The van der Waals surface area contributed by atoms with Crippen LogP contribution in [0.1, 0.15) is 101 Å². The van der Waals surface area contributed by atoms with E-state index in [0.29, 0.717) is 43.3 Å². The van der Waals surface area contributed by atoms with Crippen LogP contribution >= 0.6 is 67.5 Å². The fourth-order valence-electron chi connectivity index (χ4n) is 9.41. The van der Waals surface area contributed by atoms with Gasteiger partial charge in [-0.25, -0.2) is 5.43 Å². The lowest BCUT2D eigenvalue weighted by molar-refractivity contribution is -0.155. The van der Waals surface area contributed by atoms with Crippen LogP contribution in [-0.2, 0) is 43.2 Å². The molecule has 4 aliphatic rings. The SMILES string of the molecule is CCn1c(-c2cc(C3CCN(C)CC3)cnc2[C@H](C)OC)c2c3cc(ccc31)-c1cccc(n1)C[C@H](NC(=O)[C@H]1C[C@@H]1C)C(=O)N1CCC[C@H](N1)C(=O)OCC(C)(C)C2.S.S.S.S.S. The van der Waals surface area contributed by atoms with Crippen molar-refractivity contribution in [3.63, 3.8) is 0 Å². The molecule has 1 aliphatic carbocycles. The van der Waals surface area contributed by atoms with Crippen LogP contribution in [0.25, 0.3) is 33.4 Å². The summed E-state index contributed by atoms with van der Waals surface area (Å²) in [6.07, 6.45) is 6.82. The number of rotatable bonds is 7. The van der Waals surface area contributed by atoms with Crippen molar-refractivity contribution in [1.29, 1.82) is 0 Å². The van der Waals surface area contributed by atoms with Gasteiger partial charge >= 0.3 is 5.97 Å². The Labute approximate surface area is 414 Å². The Morgan fingerprint density at radius 1 is 1.03 bits per heavy atom. The Kier molecular flexibility index (Phi) is 20.1. The van der Waals surface area contributed by atoms with E-state index in [9.17, 15) is 14.4 Å². The highest BCUT2D eigenvalue weighted by atomic mass is 32.1. The van der Waals surface area contributed by atoms with Crippen LogP contribution in [0.4, 0.5) is 0 Å². The summed E-state index contributed by atoms with van der Waals surface area (Å²) in [5.41, 5.74) is 11.8. The van der Waals surface area contributed by atoms with E-state index >= 15 is 0 Å². The van der Waals surface area contributed by atoms with Crippen molar-refractivity contribution in [2.75, 3.05) is 40.4 Å².